The monoisotopic (exact) mass is 401 g/mol. The molecule has 0 atom stereocenters. The Bertz CT molecular complexity index is 902. The number of rotatable bonds is 6. The number of furan rings is 1. The number of carbonyl (C=O) groups is 2. The lowest BCUT2D eigenvalue weighted by molar-refractivity contribution is -0.120. The van der Waals surface area contributed by atoms with Crippen LogP contribution < -0.4 is 10.6 Å². The van der Waals surface area contributed by atoms with Crippen LogP contribution in [0.3, 0.4) is 0 Å². The van der Waals surface area contributed by atoms with Gasteiger partial charge in [0.25, 0.3) is 5.91 Å². The molecule has 0 saturated heterocycles. The van der Waals surface area contributed by atoms with Gasteiger partial charge in [-0.2, -0.15) is 0 Å². The van der Waals surface area contributed by atoms with Gasteiger partial charge in [-0.05, 0) is 46.1 Å². The first-order chi connectivity index (χ1) is 12.1. The van der Waals surface area contributed by atoms with E-state index in [2.05, 4.69) is 31.5 Å². The van der Waals surface area contributed by atoms with E-state index in [1.165, 1.54) is 6.07 Å². The smallest absolute Gasteiger partial charge is 0.287 e. The summed E-state index contributed by atoms with van der Waals surface area (Å²) < 4.78 is 5.59. The Morgan fingerprint density at radius 1 is 1.08 bits per heavy atom. The molecule has 2 heterocycles. The summed E-state index contributed by atoms with van der Waals surface area (Å²) in [5.74, 6) is -0.534. The zero-order valence-electron chi connectivity index (χ0n) is 13.3. The highest BCUT2D eigenvalue weighted by Crippen LogP contribution is 2.16. The van der Waals surface area contributed by atoms with E-state index in [9.17, 15) is 9.59 Å². The third-order valence-corrected chi connectivity index (χ3v) is 4.07. The number of benzene rings is 1. The highest BCUT2D eigenvalue weighted by molar-refractivity contribution is 9.10. The van der Waals surface area contributed by atoms with Gasteiger partial charge in [0.15, 0.2) is 10.4 Å². The van der Waals surface area contributed by atoms with E-state index in [1.54, 1.807) is 12.3 Å². The third kappa shape index (κ3) is 4.45. The van der Waals surface area contributed by atoms with E-state index < -0.39 is 5.91 Å². The molecule has 0 unspecified atom stereocenters. The topological polar surface area (TPSA) is 84.2 Å². The highest BCUT2D eigenvalue weighted by atomic mass is 79.9. The summed E-state index contributed by atoms with van der Waals surface area (Å²) in [5, 5.41) is 6.37. The molecule has 25 heavy (non-hydrogen) atoms. The minimum Gasteiger partial charge on any atom is -0.444 e. The number of nitrogens with zero attached hydrogens (tertiary/aromatic N) is 1. The number of para-hydroxylation sites is 1. The van der Waals surface area contributed by atoms with Crippen molar-refractivity contribution in [2.24, 2.45) is 0 Å². The van der Waals surface area contributed by atoms with Crippen LogP contribution in [-0.2, 0) is 11.2 Å². The van der Waals surface area contributed by atoms with Gasteiger partial charge in [-0.25, -0.2) is 0 Å². The van der Waals surface area contributed by atoms with Gasteiger partial charge in [0.1, 0.15) is 0 Å². The van der Waals surface area contributed by atoms with Crippen molar-refractivity contribution in [1.29, 1.82) is 0 Å². The van der Waals surface area contributed by atoms with Crippen LogP contribution in [-0.4, -0.2) is 29.9 Å². The fourth-order valence-corrected chi connectivity index (χ4v) is 2.76. The molecule has 6 nitrogen and oxygen atoms in total. The van der Waals surface area contributed by atoms with Gasteiger partial charge in [0, 0.05) is 18.1 Å². The second-order valence-corrected chi connectivity index (χ2v) is 6.16. The second kappa shape index (κ2) is 7.94. The van der Waals surface area contributed by atoms with E-state index in [1.807, 2.05) is 30.3 Å². The van der Waals surface area contributed by atoms with Gasteiger partial charge in [-0.1, -0.05) is 24.3 Å². The highest BCUT2D eigenvalue weighted by Gasteiger charge is 2.11. The maximum atomic E-state index is 11.9. The molecule has 2 N–H and O–H groups in total. The van der Waals surface area contributed by atoms with Crippen molar-refractivity contribution in [3.8, 4) is 0 Å². The number of pyridine rings is 1. The van der Waals surface area contributed by atoms with Crippen molar-refractivity contribution < 1.29 is 14.0 Å². The molecule has 0 radical (unpaired) electrons. The van der Waals surface area contributed by atoms with Gasteiger partial charge >= 0.3 is 0 Å². The maximum Gasteiger partial charge on any atom is 0.287 e. The van der Waals surface area contributed by atoms with Crippen LogP contribution >= 0.6 is 15.9 Å². The van der Waals surface area contributed by atoms with Crippen LogP contribution in [0.1, 0.15) is 16.1 Å². The lowest BCUT2D eigenvalue weighted by atomic mass is 10.1. The zero-order valence-corrected chi connectivity index (χ0v) is 14.9. The quantitative estimate of drug-likeness (QED) is 0.664. The van der Waals surface area contributed by atoms with E-state index in [-0.39, 0.29) is 18.2 Å². The summed E-state index contributed by atoms with van der Waals surface area (Å²) >= 11 is 3.12. The minimum atomic E-state index is -0.431. The lowest BCUT2D eigenvalue weighted by Crippen LogP contribution is -2.37. The standard InChI is InChI=1S/C18H16BrN3O3/c19-15-7-6-14(25-15)18(24)22-11-16(23)20-10-8-13-4-1-3-12-5-2-9-21-17(12)13/h1-7,9H,8,10-11H2,(H,20,23)(H,22,24). The molecule has 0 aliphatic heterocycles. The Labute approximate surface area is 152 Å². The average molecular weight is 402 g/mol. The summed E-state index contributed by atoms with van der Waals surface area (Å²) in [6.07, 6.45) is 2.42. The summed E-state index contributed by atoms with van der Waals surface area (Å²) in [6, 6.07) is 13.0. The molecular weight excluding hydrogens is 386 g/mol. The van der Waals surface area contributed by atoms with E-state index in [0.717, 1.165) is 16.5 Å². The van der Waals surface area contributed by atoms with E-state index in [0.29, 0.717) is 17.6 Å². The first-order valence-electron chi connectivity index (χ1n) is 7.76. The molecule has 0 spiro atoms. The summed E-state index contributed by atoms with van der Waals surface area (Å²) in [5.41, 5.74) is 2.01. The number of amides is 2. The fourth-order valence-electron chi connectivity index (χ4n) is 2.45. The van der Waals surface area contributed by atoms with Crippen molar-refractivity contribution in [3.05, 3.63) is 64.7 Å². The van der Waals surface area contributed by atoms with Crippen LogP contribution in [0.5, 0.6) is 0 Å². The van der Waals surface area contributed by atoms with Gasteiger partial charge in [0.05, 0.1) is 12.1 Å². The Morgan fingerprint density at radius 2 is 1.92 bits per heavy atom. The van der Waals surface area contributed by atoms with Crippen molar-refractivity contribution in [1.82, 2.24) is 15.6 Å². The molecular formula is C18H16BrN3O3. The maximum absolute atomic E-state index is 11.9. The van der Waals surface area contributed by atoms with Gasteiger partial charge in [-0.15, -0.1) is 0 Å². The first kappa shape index (κ1) is 17.2. The van der Waals surface area contributed by atoms with Crippen molar-refractivity contribution in [2.45, 2.75) is 6.42 Å². The molecule has 1 aromatic carbocycles. The average Bonchev–Trinajstić information content (AvgIpc) is 3.06. The number of hydrogen-bond donors (Lipinski definition) is 2. The van der Waals surface area contributed by atoms with Crippen molar-refractivity contribution >= 4 is 38.6 Å². The Kier molecular flexibility index (Phi) is 5.45. The van der Waals surface area contributed by atoms with E-state index in [4.69, 9.17) is 4.42 Å². The number of nitrogens with one attached hydrogen (secondary N) is 2. The Hall–Kier alpha value is -2.67. The predicted molar refractivity (Wildman–Crippen MR) is 97.2 cm³/mol. The Morgan fingerprint density at radius 3 is 2.72 bits per heavy atom. The third-order valence-electron chi connectivity index (χ3n) is 3.64. The molecule has 0 fully saturated rings. The van der Waals surface area contributed by atoms with Crippen molar-refractivity contribution in [2.75, 3.05) is 13.1 Å². The molecule has 7 heteroatoms. The van der Waals surface area contributed by atoms with Crippen LogP contribution in [0.25, 0.3) is 10.9 Å². The number of halogens is 1. The van der Waals surface area contributed by atoms with Gasteiger partial charge in [0.2, 0.25) is 5.91 Å². The molecule has 128 valence electrons. The number of carbonyl (C=O) groups excluding carboxylic acids is 2. The zero-order chi connectivity index (χ0) is 17.6. The molecule has 3 aromatic rings. The first-order valence-corrected chi connectivity index (χ1v) is 8.55. The normalized spacial score (nSPS) is 10.6. The molecule has 2 amide bonds. The fraction of sp³-hybridized carbons (Fsp3) is 0.167. The molecule has 0 aliphatic rings. The molecule has 0 aliphatic carbocycles. The SMILES string of the molecule is O=C(CNC(=O)c1ccc(Br)o1)NCCc1cccc2cccnc12. The van der Waals surface area contributed by atoms with Gasteiger partial charge < -0.3 is 15.1 Å². The van der Waals surface area contributed by atoms with Crippen LogP contribution in [0, 0.1) is 0 Å². The van der Waals surface area contributed by atoms with Crippen LogP contribution in [0.4, 0.5) is 0 Å². The largest absolute Gasteiger partial charge is 0.444 e. The number of fused-ring (bicyclic) bond motifs is 1. The molecule has 3 rings (SSSR count). The number of hydrogen-bond acceptors (Lipinski definition) is 4. The molecule has 2 aromatic heterocycles. The van der Waals surface area contributed by atoms with Crippen LogP contribution in [0.15, 0.2) is 57.7 Å². The summed E-state index contributed by atoms with van der Waals surface area (Å²) in [6.45, 7) is 0.363. The van der Waals surface area contributed by atoms with E-state index >= 15 is 0 Å². The second-order valence-electron chi connectivity index (χ2n) is 5.38. The van der Waals surface area contributed by atoms with Crippen molar-refractivity contribution in [3.63, 3.8) is 0 Å². The minimum absolute atomic E-state index is 0.106. The number of aromatic nitrogens is 1. The summed E-state index contributed by atoms with van der Waals surface area (Å²) in [4.78, 5) is 28.0. The van der Waals surface area contributed by atoms with Gasteiger partial charge in [-0.3, -0.25) is 14.6 Å². The lowest BCUT2D eigenvalue weighted by Gasteiger charge is -2.08. The Balaban J connectivity index is 1.47. The summed E-state index contributed by atoms with van der Waals surface area (Å²) in [7, 11) is 0. The predicted octanol–water partition coefficient (Wildman–Crippen LogP) is 2.68. The molecule has 0 bridgehead atoms. The molecule has 0 saturated carbocycles. The van der Waals surface area contributed by atoms with Crippen LogP contribution in [0.2, 0.25) is 0 Å².